The number of fused-ring (bicyclic) bond motifs is 1. The van der Waals surface area contributed by atoms with Crippen molar-refractivity contribution in [2.75, 3.05) is 6.61 Å². The standard InChI is InChI=1S/C17H17BrO/c18-16(14-4-2-1-3-5-14)8-6-13-7-9-17-15(12-13)10-11-19-17/h1-5,7,9,12,16H,6,8,10-11H2. The SMILES string of the molecule is BrC(CCc1ccc2c(c1)CCO2)c1ccccc1. The van der Waals surface area contributed by atoms with E-state index < -0.39 is 0 Å². The van der Waals surface area contributed by atoms with Crippen molar-refractivity contribution >= 4 is 15.9 Å². The van der Waals surface area contributed by atoms with Gasteiger partial charge in [-0.25, -0.2) is 0 Å². The van der Waals surface area contributed by atoms with E-state index in [4.69, 9.17) is 4.74 Å². The van der Waals surface area contributed by atoms with Crippen molar-refractivity contribution in [3.05, 3.63) is 65.2 Å². The Bertz CT molecular complexity index is 550. The van der Waals surface area contributed by atoms with Crippen LogP contribution in [0.25, 0.3) is 0 Å². The molecule has 0 aliphatic carbocycles. The summed E-state index contributed by atoms with van der Waals surface area (Å²) in [7, 11) is 0. The van der Waals surface area contributed by atoms with Gasteiger partial charge < -0.3 is 4.74 Å². The van der Waals surface area contributed by atoms with E-state index in [9.17, 15) is 0 Å². The number of hydrogen-bond acceptors (Lipinski definition) is 1. The summed E-state index contributed by atoms with van der Waals surface area (Å²) in [6.45, 7) is 0.837. The minimum absolute atomic E-state index is 0.429. The number of alkyl halides is 1. The van der Waals surface area contributed by atoms with Gasteiger partial charge in [0.05, 0.1) is 6.61 Å². The summed E-state index contributed by atoms with van der Waals surface area (Å²) in [5.41, 5.74) is 4.12. The fourth-order valence-electron chi connectivity index (χ4n) is 2.52. The first-order valence-corrected chi connectivity index (χ1v) is 7.68. The predicted octanol–water partition coefficient (Wildman–Crippen LogP) is 4.69. The fraction of sp³-hybridized carbons (Fsp3) is 0.294. The van der Waals surface area contributed by atoms with Gasteiger partial charge >= 0.3 is 0 Å². The molecule has 1 unspecified atom stereocenters. The Morgan fingerprint density at radius 2 is 1.95 bits per heavy atom. The van der Waals surface area contributed by atoms with Crippen LogP contribution in [0.2, 0.25) is 0 Å². The molecule has 0 radical (unpaired) electrons. The molecule has 0 amide bonds. The molecule has 1 heterocycles. The van der Waals surface area contributed by atoms with Crippen LogP contribution in [0, 0.1) is 0 Å². The third-order valence-electron chi connectivity index (χ3n) is 3.60. The molecule has 19 heavy (non-hydrogen) atoms. The second-order valence-corrected chi connectivity index (χ2v) is 6.06. The summed E-state index contributed by atoms with van der Waals surface area (Å²) < 4.78 is 5.54. The first-order chi connectivity index (χ1) is 9.33. The monoisotopic (exact) mass is 316 g/mol. The zero-order valence-corrected chi connectivity index (χ0v) is 12.4. The lowest BCUT2D eigenvalue weighted by molar-refractivity contribution is 0.357. The van der Waals surface area contributed by atoms with Crippen LogP contribution < -0.4 is 4.74 Å². The van der Waals surface area contributed by atoms with Crippen molar-refractivity contribution in [2.45, 2.75) is 24.1 Å². The number of rotatable bonds is 4. The summed E-state index contributed by atoms with van der Waals surface area (Å²) in [4.78, 5) is 0.429. The smallest absolute Gasteiger partial charge is 0.122 e. The zero-order chi connectivity index (χ0) is 13.1. The van der Waals surface area contributed by atoms with E-state index in [0.29, 0.717) is 4.83 Å². The highest BCUT2D eigenvalue weighted by atomic mass is 79.9. The molecule has 1 atom stereocenters. The maximum Gasteiger partial charge on any atom is 0.122 e. The van der Waals surface area contributed by atoms with Gasteiger partial charge in [0, 0.05) is 11.2 Å². The second-order valence-electron chi connectivity index (χ2n) is 4.96. The molecule has 0 spiro atoms. The highest BCUT2D eigenvalue weighted by molar-refractivity contribution is 9.09. The molecular weight excluding hydrogens is 300 g/mol. The van der Waals surface area contributed by atoms with Crippen LogP contribution in [0.3, 0.4) is 0 Å². The molecule has 1 aliphatic rings. The maximum atomic E-state index is 5.54. The molecule has 0 N–H and O–H groups in total. The van der Waals surface area contributed by atoms with E-state index in [1.807, 2.05) is 0 Å². The van der Waals surface area contributed by atoms with Gasteiger partial charge in [0.25, 0.3) is 0 Å². The van der Waals surface area contributed by atoms with Gasteiger partial charge in [-0.3, -0.25) is 0 Å². The number of hydrogen-bond donors (Lipinski definition) is 0. The Balaban J connectivity index is 1.63. The molecular formula is C17H17BrO. The van der Waals surface area contributed by atoms with Crippen LogP contribution in [-0.2, 0) is 12.8 Å². The van der Waals surface area contributed by atoms with Crippen molar-refractivity contribution in [1.82, 2.24) is 0 Å². The summed E-state index contributed by atoms with van der Waals surface area (Å²) in [6, 6.07) is 17.2. The maximum absolute atomic E-state index is 5.54. The summed E-state index contributed by atoms with van der Waals surface area (Å²) in [5, 5.41) is 0. The molecule has 1 nitrogen and oxygen atoms in total. The van der Waals surface area contributed by atoms with E-state index in [0.717, 1.165) is 31.6 Å². The molecule has 0 saturated heterocycles. The van der Waals surface area contributed by atoms with E-state index in [1.165, 1.54) is 16.7 Å². The van der Waals surface area contributed by atoms with Gasteiger partial charge in [0.15, 0.2) is 0 Å². The lowest BCUT2D eigenvalue weighted by Crippen LogP contribution is -1.94. The van der Waals surface area contributed by atoms with Crippen LogP contribution in [0.15, 0.2) is 48.5 Å². The second kappa shape index (κ2) is 5.79. The molecule has 2 aromatic carbocycles. The van der Waals surface area contributed by atoms with Crippen molar-refractivity contribution in [3.63, 3.8) is 0 Å². The Kier molecular flexibility index (Phi) is 3.88. The minimum atomic E-state index is 0.429. The third-order valence-corrected chi connectivity index (χ3v) is 4.59. The van der Waals surface area contributed by atoms with Gasteiger partial charge in [-0.05, 0) is 35.6 Å². The molecule has 1 aliphatic heterocycles. The molecule has 0 saturated carbocycles. The predicted molar refractivity (Wildman–Crippen MR) is 82.1 cm³/mol. The normalized spacial score (nSPS) is 14.8. The molecule has 0 fully saturated rings. The van der Waals surface area contributed by atoms with Crippen LogP contribution in [0.5, 0.6) is 5.75 Å². The lowest BCUT2D eigenvalue weighted by atomic mass is 10.0. The Morgan fingerprint density at radius 3 is 2.79 bits per heavy atom. The van der Waals surface area contributed by atoms with Gasteiger partial charge in [-0.15, -0.1) is 0 Å². The molecule has 98 valence electrons. The Morgan fingerprint density at radius 1 is 1.11 bits per heavy atom. The van der Waals surface area contributed by atoms with E-state index in [-0.39, 0.29) is 0 Å². The topological polar surface area (TPSA) is 9.23 Å². The van der Waals surface area contributed by atoms with Crippen molar-refractivity contribution in [3.8, 4) is 5.75 Å². The van der Waals surface area contributed by atoms with Crippen molar-refractivity contribution < 1.29 is 4.74 Å². The lowest BCUT2D eigenvalue weighted by Gasteiger charge is -2.10. The fourth-order valence-corrected chi connectivity index (χ4v) is 3.05. The third kappa shape index (κ3) is 3.01. The number of halogens is 1. The molecule has 0 aromatic heterocycles. The van der Waals surface area contributed by atoms with Crippen LogP contribution in [-0.4, -0.2) is 6.61 Å². The summed E-state index contributed by atoms with van der Waals surface area (Å²) >= 11 is 3.78. The molecule has 0 bridgehead atoms. The minimum Gasteiger partial charge on any atom is -0.493 e. The van der Waals surface area contributed by atoms with Crippen molar-refractivity contribution in [1.29, 1.82) is 0 Å². The summed E-state index contributed by atoms with van der Waals surface area (Å²) in [6.07, 6.45) is 3.27. The first-order valence-electron chi connectivity index (χ1n) is 6.76. The van der Waals surface area contributed by atoms with Gasteiger partial charge in [0.1, 0.15) is 5.75 Å². The highest BCUT2D eigenvalue weighted by Crippen LogP contribution is 2.30. The molecule has 3 rings (SSSR count). The highest BCUT2D eigenvalue weighted by Gasteiger charge is 2.13. The quantitative estimate of drug-likeness (QED) is 0.743. The first kappa shape index (κ1) is 12.7. The van der Waals surface area contributed by atoms with Crippen LogP contribution in [0.4, 0.5) is 0 Å². The number of ether oxygens (including phenoxy) is 1. The zero-order valence-electron chi connectivity index (χ0n) is 10.8. The number of aryl methyl sites for hydroxylation is 1. The number of benzene rings is 2. The van der Waals surface area contributed by atoms with E-state index in [1.54, 1.807) is 0 Å². The molecule has 2 aromatic rings. The average Bonchev–Trinajstić information content (AvgIpc) is 2.93. The van der Waals surface area contributed by atoms with Crippen LogP contribution >= 0.6 is 15.9 Å². The summed E-state index contributed by atoms with van der Waals surface area (Å²) in [5.74, 6) is 1.07. The average molecular weight is 317 g/mol. The Hall–Kier alpha value is -1.28. The van der Waals surface area contributed by atoms with Gasteiger partial charge in [-0.1, -0.05) is 58.4 Å². The van der Waals surface area contributed by atoms with Crippen molar-refractivity contribution in [2.24, 2.45) is 0 Å². The van der Waals surface area contributed by atoms with Crippen LogP contribution in [0.1, 0.15) is 27.9 Å². The van der Waals surface area contributed by atoms with E-state index >= 15 is 0 Å². The Labute approximate surface area is 122 Å². The van der Waals surface area contributed by atoms with Gasteiger partial charge in [-0.2, -0.15) is 0 Å². The molecule has 2 heteroatoms. The van der Waals surface area contributed by atoms with E-state index in [2.05, 4.69) is 64.5 Å². The largest absolute Gasteiger partial charge is 0.493 e. The van der Waals surface area contributed by atoms with Gasteiger partial charge in [0.2, 0.25) is 0 Å².